The van der Waals surface area contributed by atoms with E-state index in [1.54, 1.807) is 23.2 Å². The summed E-state index contributed by atoms with van der Waals surface area (Å²) in [6.45, 7) is 11.8. The summed E-state index contributed by atoms with van der Waals surface area (Å²) in [6, 6.07) is 7.81. The first-order valence-electron chi connectivity index (χ1n) is 15.5. The number of hydrogen-bond acceptors (Lipinski definition) is 8. The Morgan fingerprint density at radius 2 is 1.75 bits per heavy atom. The largest absolute Gasteiger partial charge is 0.474 e. The van der Waals surface area contributed by atoms with E-state index in [0.29, 0.717) is 64.0 Å². The van der Waals surface area contributed by atoms with Gasteiger partial charge in [-0.15, -0.1) is 0 Å². The van der Waals surface area contributed by atoms with Gasteiger partial charge in [0.15, 0.2) is 0 Å². The number of halogens is 1. The summed E-state index contributed by atoms with van der Waals surface area (Å²) in [4.78, 5) is 38.7. The van der Waals surface area contributed by atoms with Gasteiger partial charge in [-0.1, -0.05) is 12.1 Å². The van der Waals surface area contributed by atoms with Crippen LogP contribution in [0.1, 0.15) is 38.8 Å². The summed E-state index contributed by atoms with van der Waals surface area (Å²) in [5, 5.41) is 9.93. The van der Waals surface area contributed by atoms with Crippen molar-refractivity contribution in [3.8, 4) is 5.88 Å². The number of benzene rings is 1. The van der Waals surface area contributed by atoms with Crippen molar-refractivity contribution in [2.75, 3.05) is 64.1 Å². The minimum Gasteiger partial charge on any atom is -0.474 e. The predicted octanol–water partition coefficient (Wildman–Crippen LogP) is 3.10. The van der Waals surface area contributed by atoms with Crippen LogP contribution in [0.3, 0.4) is 0 Å². The number of fused-ring (bicyclic) bond motifs is 1. The van der Waals surface area contributed by atoms with Crippen LogP contribution in [0.2, 0.25) is 0 Å². The summed E-state index contributed by atoms with van der Waals surface area (Å²) in [5.74, 6) is -0.0369. The third-order valence-electron chi connectivity index (χ3n) is 8.84. The molecule has 5 atom stereocenters. The van der Waals surface area contributed by atoms with Gasteiger partial charge in [-0.3, -0.25) is 19.5 Å². The highest BCUT2D eigenvalue weighted by molar-refractivity contribution is 5.97. The van der Waals surface area contributed by atoms with Crippen LogP contribution in [0.15, 0.2) is 36.5 Å². The Labute approximate surface area is 258 Å². The van der Waals surface area contributed by atoms with Crippen molar-refractivity contribution < 1.29 is 33.3 Å². The molecule has 3 aliphatic heterocycles. The van der Waals surface area contributed by atoms with Gasteiger partial charge in [0, 0.05) is 56.6 Å². The molecular weight excluding hydrogens is 569 g/mol. The monoisotopic (exact) mass is 613 g/mol. The fourth-order valence-corrected chi connectivity index (χ4v) is 6.49. The molecule has 2 saturated heterocycles. The average Bonchev–Trinajstić information content (AvgIpc) is 2.99. The molecule has 240 valence electrons. The molecule has 12 heteroatoms. The van der Waals surface area contributed by atoms with Crippen molar-refractivity contribution >= 4 is 17.7 Å². The first kappa shape index (κ1) is 32.1. The number of carbonyl (C=O) groups is 2. The number of carboxylic acid groups (broad SMARTS) is 1. The zero-order valence-electron chi connectivity index (χ0n) is 26.0. The molecule has 11 nitrogen and oxygen atoms in total. The Hall–Kier alpha value is -3.32. The Balaban J connectivity index is 1.41. The summed E-state index contributed by atoms with van der Waals surface area (Å²) in [7, 11) is 0. The minimum absolute atomic E-state index is 0.111. The molecule has 1 N–H and O–H groups in total. The predicted molar refractivity (Wildman–Crippen MR) is 163 cm³/mol. The van der Waals surface area contributed by atoms with Gasteiger partial charge in [-0.2, -0.15) is 0 Å². The van der Waals surface area contributed by atoms with Crippen LogP contribution >= 0.6 is 0 Å². The van der Waals surface area contributed by atoms with Crippen molar-refractivity contribution in [2.45, 2.75) is 64.3 Å². The number of carbonyl (C=O) groups excluding carboxylic acids is 1. The van der Waals surface area contributed by atoms with E-state index in [2.05, 4.69) is 28.6 Å². The van der Waals surface area contributed by atoms with Crippen molar-refractivity contribution in [1.29, 1.82) is 0 Å². The molecular formula is C32H44FN5O6. The molecule has 0 bridgehead atoms. The third-order valence-corrected chi connectivity index (χ3v) is 8.84. The molecule has 2 fully saturated rings. The fraction of sp³-hybridized carbons (Fsp3) is 0.594. The van der Waals surface area contributed by atoms with Crippen LogP contribution in [-0.4, -0.2) is 126 Å². The lowest BCUT2D eigenvalue weighted by Crippen LogP contribution is -2.65. The number of amides is 2. The zero-order valence-corrected chi connectivity index (χ0v) is 26.0. The maximum Gasteiger partial charge on any atom is 0.407 e. The molecule has 0 aliphatic carbocycles. The maximum atomic E-state index is 14.3. The molecule has 1 aromatic heterocycles. The van der Waals surface area contributed by atoms with Gasteiger partial charge in [0.25, 0.3) is 0 Å². The van der Waals surface area contributed by atoms with Gasteiger partial charge in [-0.05, 0) is 63.4 Å². The molecule has 0 saturated carbocycles. The number of rotatable bonds is 9. The van der Waals surface area contributed by atoms with Crippen LogP contribution in [0.4, 0.5) is 14.9 Å². The maximum absolute atomic E-state index is 14.3. The van der Waals surface area contributed by atoms with Crippen molar-refractivity contribution in [3.63, 3.8) is 0 Å². The lowest BCUT2D eigenvalue weighted by Gasteiger charge is -2.48. The van der Waals surface area contributed by atoms with Gasteiger partial charge < -0.3 is 24.2 Å². The molecule has 44 heavy (non-hydrogen) atoms. The van der Waals surface area contributed by atoms with Crippen molar-refractivity contribution in [2.24, 2.45) is 0 Å². The highest BCUT2D eigenvalue weighted by Gasteiger charge is 2.40. The second kappa shape index (κ2) is 14.2. The number of pyridine rings is 1. The molecule has 5 rings (SSSR count). The molecule has 2 aromatic rings. The summed E-state index contributed by atoms with van der Waals surface area (Å²) >= 11 is 0. The van der Waals surface area contributed by atoms with Gasteiger partial charge in [0.2, 0.25) is 11.8 Å². The minimum atomic E-state index is -0.949. The first-order chi connectivity index (χ1) is 21.1. The van der Waals surface area contributed by atoms with E-state index >= 15 is 0 Å². The molecule has 0 unspecified atom stereocenters. The number of morpholine rings is 1. The number of anilines is 1. The molecule has 1 aromatic carbocycles. The van der Waals surface area contributed by atoms with E-state index in [1.165, 1.54) is 17.0 Å². The van der Waals surface area contributed by atoms with Crippen LogP contribution in [0, 0.1) is 5.82 Å². The highest BCUT2D eigenvalue weighted by atomic mass is 19.1. The molecule has 3 aliphatic rings. The van der Waals surface area contributed by atoms with Gasteiger partial charge in [0.05, 0.1) is 32.4 Å². The standard InChI is InChI=1S/C32H44FN5O6/c1-5-42-19-28-20-44-31-29(11-25(12-34-31)10-24-6-8-26(33)9-7-24)38(28)30(39)16-35-13-21(2)37(32(40)41)15-27(35)14-36-22(3)17-43-18-23(36)4/h6-9,11-12,21-23,27-28H,5,10,13-20H2,1-4H3,(H,40,41)/t21-,22-,23-,27+,28+/m1/s1. The number of ether oxygens (including phenoxy) is 3. The van der Waals surface area contributed by atoms with Crippen molar-refractivity contribution in [3.05, 3.63) is 53.5 Å². The normalized spacial score (nSPS) is 26.2. The summed E-state index contributed by atoms with van der Waals surface area (Å²) in [5.41, 5.74) is 2.37. The first-order valence-corrected chi connectivity index (χ1v) is 15.5. The Morgan fingerprint density at radius 1 is 1.02 bits per heavy atom. The summed E-state index contributed by atoms with van der Waals surface area (Å²) in [6.07, 6.45) is 1.29. The van der Waals surface area contributed by atoms with Crippen LogP contribution in [-0.2, 0) is 20.7 Å². The van der Waals surface area contributed by atoms with E-state index in [9.17, 15) is 19.1 Å². The number of hydrogen-bond donors (Lipinski definition) is 1. The summed E-state index contributed by atoms with van der Waals surface area (Å²) < 4.78 is 31.0. The Bertz CT molecular complexity index is 1290. The van der Waals surface area contributed by atoms with E-state index < -0.39 is 6.09 Å². The number of piperazine rings is 1. The zero-order chi connectivity index (χ0) is 31.4. The van der Waals surface area contributed by atoms with E-state index in [4.69, 9.17) is 14.2 Å². The molecule has 0 spiro atoms. The lowest BCUT2D eigenvalue weighted by molar-refractivity contribution is -0.123. The van der Waals surface area contributed by atoms with Gasteiger partial charge >= 0.3 is 6.09 Å². The van der Waals surface area contributed by atoms with E-state index in [-0.39, 0.29) is 55.1 Å². The smallest absolute Gasteiger partial charge is 0.407 e. The van der Waals surface area contributed by atoms with Crippen LogP contribution < -0.4 is 9.64 Å². The number of aromatic nitrogens is 1. The second-order valence-corrected chi connectivity index (χ2v) is 12.2. The van der Waals surface area contributed by atoms with Gasteiger partial charge in [-0.25, -0.2) is 14.2 Å². The molecule has 2 amide bonds. The topological polar surface area (TPSA) is 108 Å². The van der Waals surface area contributed by atoms with Crippen LogP contribution in [0.5, 0.6) is 5.88 Å². The van der Waals surface area contributed by atoms with E-state index in [0.717, 1.165) is 11.1 Å². The fourth-order valence-electron chi connectivity index (χ4n) is 6.49. The quantitative estimate of drug-likeness (QED) is 0.457. The average molecular weight is 614 g/mol. The van der Waals surface area contributed by atoms with E-state index in [1.807, 2.05) is 19.9 Å². The second-order valence-electron chi connectivity index (χ2n) is 12.2. The molecule has 0 radical (unpaired) electrons. The highest BCUT2D eigenvalue weighted by Crippen LogP contribution is 2.34. The molecule has 4 heterocycles. The third kappa shape index (κ3) is 7.31. The number of nitrogens with zero attached hydrogens (tertiary/aromatic N) is 5. The van der Waals surface area contributed by atoms with Gasteiger partial charge in [0.1, 0.15) is 18.1 Å². The Morgan fingerprint density at radius 3 is 2.43 bits per heavy atom. The van der Waals surface area contributed by atoms with Crippen molar-refractivity contribution in [1.82, 2.24) is 19.7 Å². The Kier molecular flexibility index (Phi) is 10.3. The lowest BCUT2D eigenvalue weighted by atomic mass is 10.0. The SMILES string of the molecule is CCOC[C@H]1COc2ncc(Cc3ccc(F)cc3)cc2N1C(=O)CN1C[C@@H](C)N(C(=O)O)C[C@@H]1CN1[C@H](C)COC[C@H]1C. The van der Waals surface area contributed by atoms with Crippen LogP contribution in [0.25, 0.3) is 0 Å².